The minimum Gasteiger partial charge on any atom is -0.384 e. The Balaban J connectivity index is 1.75. The van der Waals surface area contributed by atoms with E-state index in [1.807, 2.05) is 0 Å². The molecule has 2 heteroatoms. The van der Waals surface area contributed by atoms with Crippen molar-refractivity contribution in [3.63, 3.8) is 0 Å². The molecule has 4 saturated carbocycles. The third-order valence-corrected chi connectivity index (χ3v) is 5.40. The molecule has 98 valence electrons. The maximum atomic E-state index is 9.45. The Morgan fingerprint density at radius 1 is 1.17 bits per heavy atom. The van der Waals surface area contributed by atoms with Crippen LogP contribution < -0.4 is 0 Å². The Bertz CT molecular complexity index is 351. The van der Waals surface area contributed by atoms with Crippen LogP contribution in [0.2, 0.25) is 0 Å². The van der Waals surface area contributed by atoms with Crippen LogP contribution >= 0.6 is 0 Å². The van der Waals surface area contributed by atoms with Gasteiger partial charge in [-0.15, -0.1) is 0 Å². The molecule has 0 aromatic heterocycles. The summed E-state index contributed by atoms with van der Waals surface area (Å²) in [5, 5.41) is 9.45. The van der Waals surface area contributed by atoms with Crippen LogP contribution in [-0.4, -0.2) is 13.7 Å². The molecule has 0 aromatic carbocycles. The molecule has 0 N–H and O–H groups in total. The van der Waals surface area contributed by atoms with Crippen LogP contribution in [0.1, 0.15) is 38.5 Å². The molecule has 0 spiro atoms. The summed E-state index contributed by atoms with van der Waals surface area (Å²) < 4.78 is 5.09. The lowest BCUT2D eigenvalue weighted by molar-refractivity contribution is -0.0192. The van der Waals surface area contributed by atoms with Crippen LogP contribution in [0, 0.1) is 40.9 Å². The number of methoxy groups -OCH3 is 1. The van der Waals surface area contributed by atoms with Gasteiger partial charge in [0, 0.05) is 19.3 Å². The van der Waals surface area contributed by atoms with E-state index in [0.29, 0.717) is 5.92 Å². The van der Waals surface area contributed by atoms with E-state index in [2.05, 4.69) is 12.1 Å². The molecule has 0 radical (unpaired) electrons. The van der Waals surface area contributed by atoms with Gasteiger partial charge in [0.25, 0.3) is 0 Å². The predicted octanol–water partition coefficient (Wildman–Crippen LogP) is 3.55. The van der Waals surface area contributed by atoms with Crippen molar-refractivity contribution in [2.75, 3.05) is 13.7 Å². The number of hydrogen-bond acceptors (Lipinski definition) is 2. The van der Waals surface area contributed by atoms with E-state index in [0.717, 1.165) is 42.3 Å². The minimum absolute atomic E-state index is 0.583. The highest BCUT2D eigenvalue weighted by Gasteiger charge is 2.49. The van der Waals surface area contributed by atoms with Gasteiger partial charge in [-0.25, -0.2) is 0 Å². The van der Waals surface area contributed by atoms with Crippen molar-refractivity contribution >= 4 is 0 Å². The molecule has 0 saturated heterocycles. The zero-order chi connectivity index (χ0) is 12.5. The molecule has 0 amide bonds. The summed E-state index contributed by atoms with van der Waals surface area (Å²) >= 11 is 0. The molecule has 4 aliphatic rings. The summed E-state index contributed by atoms with van der Waals surface area (Å²) in [6.07, 6.45) is 10.1. The fraction of sp³-hybridized carbons (Fsp3) is 0.812. The lowest BCUT2D eigenvalue weighted by atomic mass is 9.50. The van der Waals surface area contributed by atoms with Crippen molar-refractivity contribution in [3.8, 4) is 6.07 Å². The lowest BCUT2D eigenvalue weighted by Crippen LogP contribution is -2.45. The maximum absolute atomic E-state index is 9.45. The summed E-state index contributed by atoms with van der Waals surface area (Å²) in [6, 6.07) is 2.49. The zero-order valence-electron chi connectivity index (χ0n) is 11.3. The van der Waals surface area contributed by atoms with Gasteiger partial charge in [0.15, 0.2) is 0 Å². The largest absolute Gasteiger partial charge is 0.384 e. The Kier molecular flexibility index (Phi) is 3.43. The molecule has 4 rings (SSSR count). The Labute approximate surface area is 110 Å². The van der Waals surface area contributed by atoms with Crippen molar-refractivity contribution in [1.82, 2.24) is 0 Å². The molecule has 0 aromatic rings. The van der Waals surface area contributed by atoms with Gasteiger partial charge in [0.1, 0.15) is 0 Å². The fourth-order valence-electron chi connectivity index (χ4n) is 5.02. The van der Waals surface area contributed by atoms with E-state index in [-0.39, 0.29) is 0 Å². The van der Waals surface area contributed by atoms with Crippen molar-refractivity contribution in [2.24, 2.45) is 29.6 Å². The van der Waals surface area contributed by atoms with Crippen LogP contribution in [0.4, 0.5) is 0 Å². The molecule has 0 aliphatic heterocycles. The quantitative estimate of drug-likeness (QED) is 0.560. The molecule has 0 heterocycles. The summed E-state index contributed by atoms with van der Waals surface area (Å²) in [5.74, 6) is 4.19. The molecular formula is C16H23NO. The van der Waals surface area contributed by atoms with Crippen LogP contribution in [0.15, 0.2) is 11.6 Å². The van der Waals surface area contributed by atoms with Crippen molar-refractivity contribution in [2.45, 2.75) is 38.5 Å². The highest BCUT2D eigenvalue weighted by atomic mass is 16.5. The predicted molar refractivity (Wildman–Crippen MR) is 70.7 cm³/mol. The summed E-state index contributed by atoms with van der Waals surface area (Å²) in [6.45, 7) is 0.735. The molecule has 4 aliphatic carbocycles. The summed E-state index contributed by atoms with van der Waals surface area (Å²) in [4.78, 5) is 0. The van der Waals surface area contributed by atoms with Gasteiger partial charge in [-0.1, -0.05) is 6.08 Å². The van der Waals surface area contributed by atoms with E-state index in [1.165, 1.54) is 32.1 Å². The molecular weight excluding hydrogens is 222 g/mol. The van der Waals surface area contributed by atoms with Gasteiger partial charge in [-0.05, 0) is 68.1 Å². The zero-order valence-corrected chi connectivity index (χ0v) is 11.3. The topological polar surface area (TPSA) is 33.0 Å². The summed E-state index contributed by atoms with van der Waals surface area (Å²) in [5.41, 5.74) is 1.07. The second kappa shape index (κ2) is 5.05. The first-order chi connectivity index (χ1) is 8.81. The van der Waals surface area contributed by atoms with Gasteiger partial charge in [0.05, 0.1) is 6.07 Å². The minimum atomic E-state index is 0.583. The number of nitriles is 1. The number of hydrogen-bond donors (Lipinski definition) is 0. The molecule has 2 nitrogen and oxygen atoms in total. The van der Waals surface area contributed by atoms with Crippen LogP contribution in [0.5, 0.6) is 0 Å². The van der Waals surface area contributed by atoms with Gasteiger partial charge in [-0.3, -0.25) is 0 Å². The van der Waals surface area contributed by atoms with E-state index in [9.17, 15) is 5.26 Å². The Morgan fingerprint density at radius 2 is 1.78 bits per heavy atom. The van der Waals surface area contributed by atoms with Gasteiger partial charge >= 0.3 is 0 Å². The highest BCUT2D eigenvalue weighted by molar-refractivity contribution is 5.27. The fourth-order valence-corrected chi connectivity index (χ4v) is 5.02. The molecule has 18 heavy (non-hydrogen) atoms. The summed E-state index contributed by atoms with van der Waals surface area (Å²) in [7, 11) is 1.72. The second-order valence-electron chi connectivity index (χ2n) is 6.51. The standard InChI is InChI=1S/C16H23NO/c1-18-4-2-3-13(10-17)16-14-6-11-5-12(8-14)9-15(16)7-11/h3,11-12,14-16H,2,4-9H2,1H3/b13-3-. The molecule has 0 unspecified atom stereocenters. The molecule has 4 bridgehead atoms. The Hall–Kier alpha value is -0.810. The third kappa shape index (κ3) is 2.10. The average Bonchev–Trinajstić information content (AvgIpc) is 2.35. The highest BCUT2D eigenvalue weighted by Crippen LogP contribution is 2.58. The monoisotopic (exact) mass is 245 g/mol. The van der Waals surface area contributed by atoms with Gasteiger partial charge in [-0.2, -0.15) is 5.26 Å². The first-order valence-corrected chi connectivity index (χ1v) is 7.41. The number of rotatable bonds is 4. The van der Waals surface area contributed by atoms with Crippen molar-refractivity contribution in [1.29, 1.82) is 5.26 Å². The van der Waals surface area contributed by atoms with E-state index < -0.39 is 0 Å². The number of ether oxygens (including phenoxy) is 1. The van der Waals surface area contributed by atoms with Gasteiger partial charge in [0.2, 0.25) is 0 Å². The SMILES string of the molecule is COCC/C=C(/C#N)C1C2CC3CC(C2)CC1C3. The van der Waals surface area contributed by atoms with Crippen LogP contribution in [0.25, 0.3) is 0 Å². The first-order valence-electron chi connectivity index (χ1n) is 7.41. The molecule has 4 fully saturated rings. The van der Waals surface area contributed by atoms with Crippen molar-refractivity contribution in [3.05, 3.63) is 11.6 Å². The molecule has 0 atom stereocenters. The van der Waals surface area contributed by atoms with E-state index >= 15 is 0 Å². The first kappa shape index (κ1) is 12.2. The Morgan fingerprint density at radius 3 is 2.28 bits per heavy atom. The van der Waals surface area contributed by atoms with Crippen LogP contribution in [0.3, 0.4) is 0 Å². The number of allylic oxidation sites excluding steroid dienone is 1. The average molecular weight is 245 g/mol. The van der Waals surface area contributed by atoms with Crippen LogP contribution in [-0.2, 0) is 4.74 Å². The smallest absolute Gasteiger partial charge is 0.0946 e. The second-order valence-corrected chi connectivity index (χ2v) is 6.51. The third-order valence-electron chi connectivity index (χ3n) is 5.40. The normalized spacial score (nSPS) is 42.0. The van der Waals surface area contributed by atoms with E-state index in [1.54, 1.807) is 7.11 Å². The lowest BCUT2D eigenvalue weighted by Gasteiger charge is -2.54. The van der Waals surface area contributed by atoms with Gasteiger partial charge < -0.3 is 4.74 Å². The van der Waals surface area contributed by atoms with Crippen molar-refractivity contribution < 1.29 is 4.74 Å². The maximum Gasteiger partial charge on any atom is 0.0946 e. The van der Waals surface area contributed by atoms with E-state index in [4.69, 9.17) is 4.74 Å². The number of nitrogens with zero attached hydrogens (tertiary/aromatic N) is 1.